The van der Waals surface area contributed by atoms with E-state index >= 15 is 0 Å². The Labute approximate surface area is 144 Å². The fraction of sp³-hybridized carbons (Fsp3) is 0.684. The lowest BCUT2D eigenvalue weighted by Crippen LogP contribution is -2.50. The molecule has 5 nitrogen and oxygen atoms in total. The number of carbonyl (C=O) groups is 1. The third-order valence-corrected chi connectivity index (χ3v) is 5.74. The molecule has 0 aromatic carbocycles. The summed E-state index contributed by atoms with van der Waals surface area (Å²) in [5.41, 5.74) is 0.571. The Hall–Kier alpha value is -1.46. The number of carbonyl (C=O) groups excluding carboxylic acids is 1. The maximum atomic E-state index is 12.7. The molecule has 3 saturated heterocycles. The van der Waals surface area contributed by atoms with E-state index in [-0.39, 0.29) is 11.5 Å². The van der Waals surface area contributed by atoms with Gasteiger partial charge in [0.1, 0.15) is 0 Å². The summed E-state index contributed by atoms with van der Waals surface area (Å²) in [4.78, 5) is 21.3. The lowest BCUT2D eigenvalue weighted by molar-refractivity contribution is -0.0450. The first-order valence-electron chi connectivity index (χ1n) is 9.30. The normalized spacial score (nSPS) is 31.0. The lowest BCUT2D eigenvalue weighted by atomic mass is 9.86. The van der Waals surface area contributed by atoms with Gasteiger partial charge >= 0.3 is 0 Å². The SMILES string of the molecule is O=C(c1cccnc1)N1CCC[C@@]2(C[C@H](CN3CCCC3)CO2)C1. The van der Waals surface area contributed by atoms with E-state index in [1.807, 2.05) is 17.0 Å². The standard InChI is InChI=1S/C19H27N3O2/c23-18(17-5-3-7-20-12-17)22-10-4-6-19(15-22)11-16(14-24-19)13-21-8-1-2-9-21/h3,5,7,12,16H,1-2,4,6,8-11,13-15H2/t16-,19-/m1/s1. The van der Waals surface area contributed by atoms with Crippen LogP contribution < -0.4 is 0 Å². The van der Waals surface area contributed by atoms with Gasteiger partial charge < -0.3 is 14.5 Å². The number of pyridine rings is 1. The molecule has 0 N–H and O–H groups in total. The van der Waals surface area contributed by atoms with Crippen molar-refractivity contribution in [3.8, 4) is 0 Å². The highest BCUT2D eigenvalue weighted by atomic mass is 16.5. The van der Waals surface area contributed by atoms with Crippen LogP contribution in [0.2, 0.25) is 0 Å². The number of aromatic nitrogens is 1. The van der Waals surface area contributed by atoms with Crippen LogP contribution in [0.4, 0.5) is 0 Å². The maximum absolute atomic E-state index is 12.7. The van der Waals surface area contributed by atoms with Crippen molar-refractivity contribution in [3.05, 3.63) is 30.1 Å². The van der Waals surface area contributed by atoms with Crippen LogP contribution in [-0.2, 0) is 4.74 Å². The quantitative estimate of drug-likeness (QED) is 0.853. The number of nitrogens with zero attached hydrogens (tertiary/aromatic N) is 3. The van der Waals surface area contributed by atoms with Crippen molar-refractivity contribution in [2.45, 2.75) is 37.7 Å². The van der Waals surface area contributed by atoms with E-state index in [0.717, 1.165) is 45.5 Å². The molecule has 4 heterocycles. The Balaban J connectivity index is 1.38. The van der Waals surface area contributed by atoms with Crippen LogP contribution in [0.25, 0.3) is 0 Å². The Morgan fingerprint density at radius 3 is 2.96 bits per heavy atom. The minimum Gasteiger partial charge on any atom is -0.373 e. The molecule has 0 saturated carbocycles. The second-order valence-electron chi connectivity index (χ2n) is 7.64. The van der Waals surface area contributed by atoms with Gasteiger partial charge in [0.2, 0.25) is 0 Å². The van der Waals surface area contributed by atoms with Crippen molar-refractivity contribution in [2.75, 3.05) is 39.3 Å². The zero-order chi connectivity index (χ0) is 16.4. The molecule has 0 radical (unpaired) electrons. The molecule has 3 fully saturated rings. The van der Waals surface area contributed by atoms with Gasteiger partial charge in [0.15, 0.2) is 0 Å². The summed E-state index contributed by atoms with van der Waals surface area (Å²) in [5.74, 6) is 0.713. The smallest absolute Gasteiger partial charge is 0.255 e. The van der Waals surface area contributed by atoms with E-state index in [4.69, 9.17) is 4.74 Å². The molecule has 5 heteroatoms. The molecular weight excluding hydrogens is 302 g/mol. The zero-order valence-corrected chi connectivity index (χ0v) is 14.3. The van der Waals surface area contributed by atoms with Gasteiger partial charge in [-0.3, -0.25) is 9.78 Å². The molecular formula is C19H27N3O2. The van der Waals surface area contributed by atoms with Crippen LogP contribution in [0.15, 0.2) is 24.5 Å². The van der Waals surface area contributed by atoms with E-state index in [9.17, 15) is 4.79 Å². The monoisotopic (exact) mass is 329 g/mol. The van der Waals surface area contributed by atoms with Crippen LogP contribution in [0.3, 0.4) is 0 Å². The highest BCUT2D eigenvalue weighted by Crippen LogP contribution is 2.38. The molecule has 1 aromatic heterocycles. The number of piperidine rings is 1. The number of hydrogen-bond acceptors (Lipinski definition) is 4. The van der Waals surface area contributed by atoms with E-state index in [1.54, 1.807) is 12.4 Å². The highest BCUT2D eigenvalue weighted by molar-refractivity contribution is 5.94. The Bertz CT molecular complexity index is 573. The molecule has 0 unspecified atom stereocenters. The highest BCUT2D eigenvalue weighted by Gasteiger charge is 2.44. The number of amides is 1. The van der Waals surface area contributed by atoms with Crippen molar-refractivity contribution in [1.29, 1.82) is 0 Å². The summed E-state index contributed by atoms with van der Waals surface area (Å²) in [6.07, 6.45) is 9.26. The molecule has 0 bridgehead atoms. The molecule has 0 aliphatic carbocycles. The first kappa shape index (κ1) is 16.0. The average molecular weight is 329 g/mol. The third kappa shape index (κ3) is 3.33. The van der Waals surface area contributed by atoms with Gasteiger partial charge in [0, 0.05) is 32.0 Å². The van der Waals surface area contributed by atoms with Crippen molar-refractivity contribution < 1.29 is 9.53 Å². The Morgan fingerprint density at radius 2 is 2.17 bits per heavy atom. The lowest BCUT2D eigenvalue weighted by Gasteiger charge is -2.40. The second-order valence-corrected chi connectivity index (χ2v) is 7.64. The zero-order valence-electron chi connectivity index (χ0n) is 14.3. The van der Waals surface area contributed by atoms with Crippen LogP contribution in [0.5, 0.6) is 0 Å². The summed E-state index contributed by atoms with van der Waals surface area (Å²) in [5, 5.41) is 0. The summed E-state index contributed by atoms with van der Waals surface area (Å²) in [6.45, 7) is 6.07. The van der Waals surface area contributed by atoms with Crippen molar-refractivity contribution in [2.24, 2.45) is 5.92 Å². The average Bonchev–Trinajstić information content (AvgIpc) is 3.26. The van der Waals surface area contributed by atoms with Gasteiger partial charge in [-0.1, -0.05) is 0 Å². The summed E-state index contributed by atoms with van der Waals surface area (Å²) < 4.78 is 6.28. The number of rotatable bonds is 3. The van der Waals surface area contributed by atoms with Gasteiger partial charge in [0.05, 0.1) is 17.8 Å². The topological polar surface area (TPSA) is 45.7 Å². The van der Waals surface area contributed by atoms with Gasteiger partial charge in [-0.05, 0) is 63.2 Å². The Kier molecular flexibility index (Phi) is 4.55. The summed E-state index contributed by atoms with van der Waals surface area (Å²) in [6, 6.07) is 3.67. The molecule has 24 heavy (non-hydrogen) atoms. The molecule has 3 aliphatic rings. The van der Waals surface area contributed by atoms with Gasteiger partial charge in [-0.2, -0.15) is 0 Å². The third-order valence-electron chi connectivity index (χ3n) is 5.74. The van der Waals surface area contributed by atoms with E-state index < -0.39 is 0 Å². The molecule has 3 aliphatic heterocycles. The molecule has 4 rings (SSSR count). The van der Waals surface area contributed by atoms with Crippen molar-refractivity contribution in [1.82, 2.24) is 14.8 Å². The molecule has 1 spiro atoms. The predicted octanol–water partition coefficient (Wildman–Crippen LogP) is 2.19. The number of likely N-dealkylation sites (tertiary alicyclic amines) is 2. The van der Waals surface area contributed by atoms with Crippen molar-refractivity contribution in [3.63, 3.8) is 0 Å². The number of ether oxygens (including phenoxy) is 1. The second kappa shape index (κ2) is 6.81. The molecule has 1 amide bonds. The first-order valence-corrected chi connectivity index (χ1v) is 9.30. The molecule has 2 atom stereocenters. The van der Waals surface area contributed by atoms with E-state index in [2.05, 4.69) is 9.88 Å². The number of hydrogen-bond donors (Lipinski definition) is 0. The fourth-order valence-electron chi connectivity index (χ4n) is 4.61. The van der Waals surface area contributed by atoms with E-state index in [0.29, 0.717) is 11.5 Å². The predicted molar refractivity (Wildman–Crippen MR) is 91.8 cm³/mol. The largest absolute Gasteiger partial charge is 0.373 e. The van der Waals surface area contributed by atoms with Crippen LogP contribution in [0.1, 0.15) is 42.5 Å². The van der Waals surface area contributed by atoms with Gasteiger partial charge in [-0.15, -0.1) is 0 Å². The first-order chi connectivity index (χ1) is 11.7. The summed E-state index contributed by atoms with van der Waals surface area (Å²) >= 11 is 0. The fourth-order valence-corrected chi connectivity index (χ4v) is 4.61. The van der Waals surface area contributed by atoms with Crippen LogP contribution >= 0.6 is 0 Å². The minimum absolute atomic E-state index is 0.0915. The maximum Gasteiger partial charge on any atom is 0.255 e. The van der Waals surface area contributed by atoms with Gasteiger partial charge in [-0.25, -0.2) is 0 Å². The van der Waals surface area contributed by atoms with Gasteiger partial charge in [0.25, 0.3) is 5.91 Å². The van der Waals surface area contributed by atoms with Crippen molar-refractivity contribution >= 4 is 5.91 Å². The van der Waals surface area contributed by atoms with Crippen LogP contribution in [0, 0.1) is 5.92 Å². The summed E-state index contributed by atoms with van der Waals surface area (Å²) in [7, 11) is 0. The Morgan fingerprint density at radius 1 is 1.29 bits per heavy atom. The van der Waals surface area contributed by atoms with E-state index in [1.165, 1.54) is 25.9 Å². The molecule has 130 valence electrons. The molecule has 1 aromatic rings. The van der Waals surface area contributed by atoms with Crippen LogP contribution in [-0.4, -0.2) is 65.6 Å². The minimum atomic E-state index is -0.111.